The standard InChI is InChI=1S/C11H10BrNO/c1-8-13-10-5-4-9(3-2-6-12)7-11(10)14-8/h2-5,7H,6H2,1H3. The van der Waals surface area contributed by atoms with E-state index >= 15 is 0 Å². The summed E-state index contributed by atoms with van der Waals surface area (Å²) in [6, 6.07) is 6.00. The molecule has 14 heavy (non-hydrogen) atoms. The maximum atomic E-state index is 5.43. The van der Waals surface area contributed by atoms with Gasteiger partial charge in [-0.2, -0.15) is 0 Å². The molecule has 0 aliphatic rings. The number of aryl methyl sites for hydroxylation is 1. The van der Waals surface area contributed by atoms with Crippen molar-refractivity contribution < 1.29 is 4.42 Å². The smallest absolute Gasteiger partial charge is 0.192 e. The van der Waals surface area contributed by atoms with Gasteiger partial charge in [-0.05, 0) is 17.7 Å². The Morgan fingerprint density at radius 2 is 2.36 bits per heavy atom. The molecule has 3 heteroatoms. The summed E-state index contributed by atoms with van der Waals surface area (Å²) in [5.41, 5.74) is 2.89. The largest absolute Gasteiger partial charge is 0.441 e. The Hall–Kier alpha value is -1.09. The molecule has 0 aliphatic heterocycles. The molecule has 0 saturated heterocycles. The SMILES string of the molecule is Cc1nc2ccc(C=CCBr)cc2o1. The van der Waals surface area contributed by atoms with Crippen molar-refractivity contribution in [2.45, 2.75) is 6.92 Å². The number of nitrogens with zero attached hydrogens (tertiary/aromatic N) is 1. The molecule has 2 aromatic rings. The van der Waals surface area contributed by atoms with Gasteiger partial charge in [0.15, 0.2) is 11.5 Å². The lowest BCUT2D eigenvalue weighted by Gasteiger charge is -1.91. The number of oxazole rings is 1. The first kappa shape index (κ1) is 9.46. The number of halogens is 1. The monoisotopic (exact) mass is 251 g/mol. The fourth-order valence-electron chi connectivity index (χ4n) is 1.34. The number of aromatic nitrogens is 1. The molecular formula is C11H10BrNO. The number of benzene rings is 1. The van der Waals surface area contributed by atoms with Crippen LogP contribution < -0.4 is 0 Å². The van der Waals surface area contributed by atoms with Crippen LogP contribution in [-0.2, 0) is 0 Å². The summed E-state index contributed by atoms with van der Waals surface area (Å²) in [5, 5.41) is 0.862. The van der Waals surface area contributed by atoms with Crippen molar-refractivity contribution in [2.24, 2.45) is 0 Å². The normalized spacial score (nSPS) is 11.6. The van der Waals surface area contributed by atoms with Crippen LogP contribution in [0.2, 0.25) is 0 Å². The first-order chi connectivity index (χ1) is 6.79. The van der Waals surface area contributed by atoms with Crippen LogP contribution in [0, 0.1) is 6.92 Å². The lowest BCUT2D eigenvalue weighted by molar-refractivity contribution is 0.561. The van der Waals surface area contributed by atoms with E-state index in [2.05, 4.69) is 20.9 Å². The van der Waals surface area contributed by atoms with Crippen molar-refractivity contribution in [2.75, 3.05) is 5.33 Å². The second-order valence-corrected chi connectivity index (χ2v) is 3.66. The zero-order chi connectivity index (χ0) is 9.97. The fraction of sp³-hybridized carbons (Fsp3) is 0.182. The minimum absolute atomic E-state index is 0.710. The van der Waals surface area contributed by atoms with Crippen LogP contribution in [0.1, 0.15) is 11.5 Å². The Labute approximate surface area is 90.8 Å². The van der Waals surface area contributed by atoms with E-state index in [-0.39, 0.29) is 0 Å². The predicted octanol–water partition coefficient (Wildman–Crippen LogP) is 3.54. The molecule has 0 unspecified atom stereocenters. The van der Waals surface area contributed by atoms with Gasteiger partial charge < -0.3 is 4.42 Å². The van der Waals surface area contributed by atoms with E-state index in [1.807, 2.05) is 37.3 Å². The number of allylic oxidation sites excluding steroid dienone is 1. The Morgan fingerprint density at radius 1 is 1.50 bits per heavy atom. The summed E-state index contributed by atoms with van der Waals surface area (Å²) < 4.78 is 5.43. The van der Waals surface area contributed by atoms with Crippen LogP contribution in [0.4, 0.5) is 0 Å². The zero-order valence-electron chi connectivity index (χ0n) is 7.83. The molecule has 0 atom stereocenters. The van der Waals surface area contributed by atoms with E-state index in [0.29, 0.717) is 5.89 Å². The highest BCUT2D eigenvalue weighted by molar-refractivity contribution is 9.09. The average molecular weight is 252 g/mol. The summed E-state index contributed by atoms with van der Waals surface area (Å²) >= 11 is 3.34. The van der Waals surface area contributed by atoms with Crippen molar-refractivity contribution in [1.29, 1.82) is 0 Å². The third kappa shape index (κ3) is 1.87. The van der Waals surface area contributed by atoms with Gasteiger partial charge in [-0.1, -0.05) is 34.1 Å². The lowest BCUT2D eigenvalue weighted by atomic mass is 10.2. The van der Waals surface area contributed by atoms with Crippen molar-refractivity contribution in [3.63, 3.8) is 0 Å². The summed E-state index contributed by atoms with van der Waals surface area (Å²) in [4.78, 5) is 4.23. The summed E-state index contributed by atoms with van der Waals surface area (Å²) in [7, 11) is 0. The molecule has 0 fully saturated rings. The molecule has 1 heterocycles. The van der Waals surface area contributed by atoms with Crippen molar-refractivity contribution in [3.8, 4) is 0 Å². The summed E-state index contributed by atoms with van der Waals surface area (Å²) in [6.07, 6.45) is 4.09. The minimum Gasteiger partial charge on any atom is -0.441 e. The lowest BCUT2D eigenvalue weighted by Crippen LogP contribution is -1.72. The van der Waals surface area contributed by atoms with Crippen molar-refractivity contribution >= 4 is 33.1 Å². The third-order valence-corrected chi connectivity index (χ3v) is 2.29. The fourth-order valence-corrected chi connectivity index (χ4v) is 1.53. The second kappa shape index (κ2) is 3.96. The number of hydrogen-bond donors (Lipinski definition) is 0. The van der Waals surface area contributed by atoms with Gasteiger partial charge in [0.2, 0.25) is 0 Å². The van der Waals surface area contributed by atoms with Gasteiger partial charge in [-0.3, -0.25) is 0 Å². The quantitative estimate of drug-likeness (QED) is 0.764. The second-order valence-electron chi connectivity index (χ2n) is 3.02. The molecule has 72 valence electrons. The number of hydrogen-bond acceptors (Lipinski definition) is 2. The van der Waals surface area contributed by atoms with E-state index in [1.165, 1.54) is 0 Å². The van der Waals surface area contributed by atoms with Crippen molar-refractivity contribution in [1.82, 2.24) is 4.98 Å². The Kier molecular flexibility index (Phi) is 2.68. The van der Waals surface area contributed by atoms with Gasteiger partial charge in [0.05, 0.1) is 0 Å². The van der Waals surface area contributed by atoms with Crippen LogP contribution in [-0.4, -0.2) is 10.3 Å². The molecular weight excluding hydrogens is 242 g/mol. The highest BCUT2D eigenvalue weighted by Crippen LogP contribution is 2.17. The van der Waals surface area contributed by atoms with E-state index in [4.69, 9.17) is 4.42 Å². The van der Waals surface area contributed by atoms with Gasteiger partial charge in [0, 0.05) is 12.3 Å². The summed E-state index contributed by atoms with van der Waals surface area (Å²) in [6.45, 7) is 1.86. The number of rotatable bonds is 2. The number of fused-ring (bicyclic) bond motifs is 1. The van der Waals surface area contributed by atoms with Crippen molar-refractivity contribution in [3.05, 3.63) is 35.7 Å². The van der Waals surface area contributed by atoms with E-state index in [9.17, 15) is 0 Å². The highest BCUT2D eigenvalue weighted by Gasteiger charge is 2.00. The molecule has 0 aliphatic carbocycles. The topological polar surface area (TPSA) is 26.0 Å². The Bertz CT molecular complexity index is 473. The molecule has 1 aromatic heterocycles. The molecule has 1 aromatic carbocycles. The van der Waals surface area contributed by atoms with Crippen LogP contribution >= 0.6 is 15.9 Å². The molecule has 0 radical (unpaired) electrons. The molecule has 2 rings (SSSR count). The average Bonchev–Trinajstić information content (AvgIpc) is 2.54. The first-order valence-corrected chi connectivity index (χ1v) is 5.51. The maximum absolute atomic E-state index is 5.43. The number of alkyl halides is 1. The Morgan fingerprint density at radius 3 is 3.14 bits per heavy atom. The molecule has 0 amide bonds. The van der Waals surface area contributed by atoms with E-state index in [0.717, 1.165) is 22.0 Å². The maximum Gasteiger partial charge on any atom is 0.192 e. The van der Waals surface area contributed by atoms with Crippen LogP contribution in [0.5, 0.6) is 0 Å². The molecule has 0 spiro atoms. The Balaban J connectivity index is 2.45. The molecule has 2 nitrogen and oxygen atoms in total. The zero-order valence-corrected chi connectivity index (χ0v) is 9.41. The van der Waals surface area contributed by atoms with Gasteiger partial charge in [-0.15, -0.1) is 0 Å². The van der Waals surface area contributed by atoms with Crippen LogP contribution in [0.25, 0.3) is 17.2 Å². The first-order valence-electron chi connectivity index (χ1n) is 4.39. The summed E-state index contributed by atoms with van der Waals surface area (Å²) in [5.74, 6) is 0.710. The van der Waals surface area contributed by atoms with Gasteiger partial charge in [-0.25, -0.2) is 4.98 Å². The molecule has 0 saturated carbocycles. The highest BCUT2D eigenvalue weighted by atomic mass is 79.9. The van der Waals surface area contributed by atoms with E-state index < -0.39 is 0 Å². The molecule has 0 N–H and O–H groups in total. The minimum atomic E-state index is 0.710. The molecule has 0 bridgehead atoms. The van der Waals surface area contributed by atoms with Crippen LogP contribution in [0.3, 0.4) is 0 Å². The predicted molar refractivity (Wildman–Crippen MR) is 61.6 cm³/mol. The van der Waals surface area contributed by atoms with E-state index in [1.54, 1.807) is 0 Å². The van der Waals surface area contributed by atoms with Gasteiger partial charge in [0.1, 0.15) is 5.52 Å². The van der Waals surface area contributed by atoms with Gasteiger partial charge >= 0.3 is 0 Å². The van der Waals surface area contributed by atoms with Gasteiger partial charge in [0.25, 0.3) is 0 Å². The third-order valence-electron chi connectivity index (χ3n) is 1.92. The van der Waals surface area contributed by atoms with Crippen LogP contribution in [0.15, 0.2) is 28.7 Å².